The molecule has 9 nitrogen and oxygen atoms in total. The van der Waals surface area contributed by atoms with Crippen molar-refractivity contribution in [1.29, 1.82) is 0 Å². The molecule has 0 saturated carbocycles. The highest BCUT2D eigenvalue weighted by molar-refractivity contribution is 6.00. The predicted molar refractivity (Wildman–Crippen MR) is 150 cm³/mol. The van der Waals surface area contributed by atoms with Crippen LogP contribution in [0.5, 0.6) is 0 Å². The van der Waals surface area contributed by atoms with Crippen molar-refractivity contribution in [1.82, 2.24) is 15.1 Å². The number of nitrogens with zero attached hydrogens (tertiary/aromatic N) is 2. The lowest BCUT2D eigenvalue weighted by Crippen LogP contribution is -2.32. The van der Waals surface area contributed by atoms with Gasteiger partial charge >= 0.3 is 17.6 Å². The quantitative estimate of drug-likeness (QED) is 0.258. The van der Waals surface area contributed by atoms with E-state index < -0.39 is 23.5 Å². The molecule has 0 radical (unpaired) electrons. The lowest BCUT2D eigenvalue weighted by Gasteiger charge is -2.30. The van der Waals surface area contributed by atoms with Crippen molar-refractivity contribution in [2.75, 3.05) is 13.2 Å². The first-order valence-corrected chi connectivity index (χ1v) is 13.0. The largest absolute Gasteiger partial charge is 0.463 e. The molecule has 204 valence electrons. The van der Waals surface area contributed by atoms with Crippen LogP contribution in [0.25, 0.3) is 27.9 Å². The van der Waals surface area contributed by atoms with Crippen molar-refractivity contribution in [3.63, 3.8) is 0 Å². The molecule has 2 aromatic carbocycles. The Labute approximate surface area is 230 Å². The Morgan fingerprint density at radius 2 is 1.52 bits per heavy atom. The predicted octanol–water partition coefficient (Wildman–Crippen LogP) is 5.01. The number of dihydropyridines is 1. The number of esters is 2. The molecular weight excluding hydrogens is 510 g/mol. The number of ether oxygens (including phenoxy) is 2. The molecule has 0 fully saturated rings. The molecule has 0 aliphatic carbocycles. The Hall–Kier alpha value is -4.92. The zero-order chi connectivity index (χ0) is 28.4. The number of carbonyl (C=O) groups is 2. The Balaban J connectivity index is 1.83. The molecule has 40 heavy (non-hydrogen) atoms. The molecule has 1 N–H and O–H groups in total. The third-order valence-corrected chi connectivity index (χ3v) is 6.72. The molecule has 0 saturated heterocycles. The fourth-order valence-electron chi connectivity index (χ4n) is 5.01. The van der Waals surface area contributed by atoms with Crippen LogP contribution in [0.2, 0.25) is 0 Å². The number of fused-ring (bicyclic) bond motifs is 1. The van der Waals surface area contributed by atoms with E-state index in [1.54, 1.807) is 56.8 Å². The molecule has 2 aromatic heterocycles. The zero-order valence-electron chi connectivity index (χ0n) is 22.7. The molecule has 3 heterocycles. The fraction of sp³-hybridized carbons (Fsp3) is 0.226. The average Bonchev–Trinajstić information content (AvgIpc) is 3.38. The molecule has 0 bridgehead atoms. The van der Waals surface area contributed by atoms with Crippen LogP contribution in [0, 0.1) is 0 Å². The number of para-hydroxylation sites is 2. The van der Waals surface area contributed by atoms with E-state index >= 15 is 0 Å². The van der Waals surface area contributed by atoms with Crippen LogP contribution in [-0.4, -0.2) is 34.9 Å². The number of hydrogen-bond acceptors (Lipinski definition) is 8. The third-order valence-electron chi connectivity index (χ3n) is 6.72. The number of hydrogen-bond donors (Lipinski definition) is 1. The lowest BCUT2D eigenvalue weighted by molar-refractivity contribution is -0.139. The summed E-state index contributed by atoms with van der Waals surface area (Å²) in [6, 6.07) is 18.3. The van der Waals surface area contributed by atoms with Crippen LogP contribution < -0.4 is 10.9 Å². The highest BCUT2D eigenvalue weighted by atomic mass is 16.5. The molecule has 0 spiro atoms. The van der Waals surface area contributed by atoms with Crippen molar-refractivity contribution >= 4 is 22.9 Å². The van der Waals surface area contributed by atoms with Crippen molar-refractivity contribution in [2.24, 2.45) is 0 Å². The van der Waals surface area contributed by atoms with E-state index in [1.165, 1.54) is 0 Å². The third kappa shape index (κ3) is 4.82. The Morgan fingerprint density at radius 3 is 2.15 bits per heavy atom. The lowest BCUT2D eigenvalue weighted by atomic mass is 9.79. The molecule has 1 aliphatic rings. The summed E-state index contributed by atoms with van der Waals surface area (Å²) in [5, 5.41) is 8.66. The minimum atomic E-state index is -0.933. The number of carbonyl (C=O) groups excluding carboxylic acids is 2. The molecular formula is C31H29N3O6. The maximum absolute atomic E-state index is 13.4. The van der Waals surface area contributed by atoms with Gasteiger partial charge in [0.25, 0.3) is 0 Å². The SMILES string of the molecule is CCOC(=O)C1=C(C)NC(C)=C(C(=O)OCC)C1c1cn(-c2ccccc2)nc1-c1cc2ccccc2oc1=O. The molecule has 0 unspecified atom stereocenters. The molecule has 5 rings (SSSR count). The summed E-state index contributed by atoms with van der Waals surface area (Å²) in [7, 11) is 0. The van der Waals surface area contributed by atoms with E-state index in [-0.39, 0.29) is 35.6 Å². The number of rotatable bonds is 7. The highest BCUT2D eigenvalue weighted by Crippen LogP contribution is 2.43. The van der Waals surface area contributed by atoms with Gasteiger partial charge in [0.05, 0.1) is 41.5 Å². The zero-order valence-corrected chi connectivity index (χ0v) is 22.7. The van der Waals surface area contributed by atoms with E-state index in [1.807, 2.05) is 42.5 Å². The monoisotopic (exact) mass is 539 g/mol. The van der Waals surface area contributed by atoms with Crippen molar-refractivity contribution in [2.45, 2.75) is 33.6 Å². The smallest absolute Gasteiger partial charge is 0.345 e. The number of aromatic nitrogens is 2. The second kappa shape index (κ2) is 11.1. The van der Waals surface area contributed by atoms with Gasteiger partial charge in [0, 0.05) is 28.5 Å². The van der Waals surface area contributed by atoms with Crippen LogP contribution in [0.15, 0.2) is 98.6 Å². The topological polar surface area (TPSA) is 113 Å². The standard InChI is InChI=1S/C31H29N3O6/c1-5-38-30(36)25-18(3)32-19(4)26(31(37)39-6-2)27(25)23-17-34(21-13-8-7-9-14-21)33-28(23)22-16-20-12-10-11-15-24(20)40-29(22)35/h7-17,27,32H,5-6H2,1-4H3. The van der Waals surface area contributed by atoms with Crippen LogP contribution in [0.1, 0.15) is 39.2 Å². The molecule has 4 aromatic rings. The van der Waals surface area contributed by atoms with Crippen LogP contribution in [0.4, 0.5) is 0 Å². The van der Waals surface area contributed by atoms with Crippen LogP contribution in [0.3, 0.4) is 0 Å². The normalized spacial score (nSPS) is 13.9. The Bertz CT molecular complexity index is 1690. The summed E-state index contributed by atoms with van der Waals surface area (Å²) in [6.45, 7) is 7.21. The summed E-state index contributed by atoms with van der Waals surface area (Å²) in [5.41, 5.74) is 3.02. The first-order valence-electron chi connectivity index (χ1n) is 13.0. The second-order valence-electron chi connectivity index (χ2n) is 9.27. The highest BCUT2D eigenvalue weighted by Gasteiger charge is 2.40. The number of nitrogens with one attached hydrogen (secondary N) is 1. The molecule has 0 atom stereocenters. The fourth-order valence-corrected chi connectivity index (χ4v) is 5.01. The summed E-state index contributed by atoms with van der Waals surface area (Å²) < 4.78 is 18.1. The average molecular weight is 540 g/mol. The van der Waals surface area contributed by atoms with Gasteiger partial charge in [-0.3, -0.25) is 0 Å². The Kier molecular flexibility index (Phi) is 7.37. The summed E-state index contributed by atoms with van der Waals surface area (Å²) in [4.78, 5) is 40.1. The van der Waals surface area contributed by atoms with Gasteiger partial charge in [0.2, 0.25) is 0 Å². The number of benzene rings is 2. The molecule has 1 aliphatic heterocycles. The maximum Gasteiger partial charge on any atom is 0.345 e. The minimum absolute atomic E-state index is 0.143. The van der Waals surface area contributed by atoms with Gasteiger partial charge in [-0.05, 0) is 52.0 Å². The van der Waals surface area contributed by atoms with Gasteiger partial charge in [-0.25, -0.2) is 19.1 Å². The summed E-state index contributed by atoms with van der Waals surface area (Å²) in [5.74, 6) is -2.11. The van der Waals surface area contributed by atoms with Crippen molar-refractivity contribution in [3.05, 3.63) is 105 Å². The maximum atomic E-state index is 13.4. The molecule has 0 amide bonds. The molecule has 9 heteroatoms. The van der Waals surface area contributed by atoms with Crippen LogP contribution in [-0.2, 0) is 19.1 Å². The van der Waals surface area contributed by atoms with Gasteiger partial charge in [-0.15, -0.1) is 0 Å². The van der Waals surface area contributed by atoms with Gasteiger partial charge < -0.3 is 19.2 Å². The van der Waals surface area contributed by atoms with E-state index in [4.69, 9.17) is 19.0 Å². The second-order valence-corrected chi connectivity index (χ2v) is 9.27. The van der Waals surface area contributed by atoms with Gasteiger partial charge in [0.15, 0.2) is 0 Å². The first kappa shape index (κ1) is 26.7. The van der Waals surface area contributed by atoms with E-state index in [0.717, 1.165) is 5.69 Å². The Morgan fingerprint density at radius 1 is 0.925 bits per heavy atom. The van der Waals surface area contributed by atoms with Crippen molar-refractivity contribution in [3.8, 4) is 16.9 Å². The van der Waals surface area contributed by atoms with Gasteiger partial charge in [0.1, 0.15) is 11.3 Å². The van der Waals surface area contributed by atoms with E-state index in [0.29, 0.717) is 27.9 Å². The number of allylic oxidation sites excluding steroid dienone is 2. The van der Waals surface area contributed by atoms with E-state index in [9.17, 15) is 14.4 Å². The van der Waals surface area contributed by atoms with Gasteiger partial charge in [-0.1, -0.05) is 36.4 Å². The summed E-state index contributed by atoms with van der Waals surface area (Å²) >= 11 is 0. The van der Waals surface area contributed by atoms with Crippen LogP contribution >= 0.6 is 0 Å². The van der Waals surface area contributed by atoms with E-state index in [2.05, 4.69) is 5.32 Å². The summed E-state index contributed by atoms with van der Waals surface area (Å²) in [6.07, 6.45) is 1.73. The minimum Gasteiger partial charge on any atom is -0.463 e. The van der Waals surface area contributed by atoms with Crippen molar-refractivity contribution < 1.29 is 23.5 Å². The van der Waals surface area contributed by atoms with Gasteiger partial charge in [-0.2, -0.15) is 5.10 Å². The first-order chi connectivity index (χ1) is 19.3.